The molecule has 2 N–H and O–H groups in total. The van der Waals surface area contributed by atoms with Gasteiger partial charge in [0.1, 0.15) is 22.2 Å². The Bertz CT molecular complexity index is 1240. The lowest BCUT2D eigenvalue weighted by Gasteiger charge is -2.23. The summed E-state index contributed by atoms with van der Waals surface area (Å²) in [5, 5.41) is 6.80. The molecule has 10 heteroatoms. The van der Waals surface area contributed by atoms with Crippen molar-refractivity contribution in [2.45, 2.75) is 30.6 Å². The van der Waals surface area contributed by atoms with Gasteiger partial charge >= 0.3 is 0 Å². The number of rotatable bonds is 4. The van der Waals surface area contributed by atoms with Gasteiger partial charge in [-0.15, -0.1) is 0 Å². The van der Waals surface area contributed by atoms with Gasteiger partial charge in [0.05, 0.1) is 22.5 Å². The largest absolute Gasteiger partial charge is 0.436 e. The summed E-state index contributed by atoms with van der Waals surface area (Å²) in [5.74, 6) is 1.21. The number of hydrogen-bond donors (Lipinski definition) is 1. The minimum absolute atomic E-state index is 0.0618. The Kier molecular flexibility index (Phi) is 5.10. The zero-order chi connectivity index (χ0) is 20.7. The fourth-order valence-corrected chi connectivity index (χ4v) is 4.18. The lowest BCUT2D eigenvalue weighted by atomic mass is 10.2. The maximum atomic E-state index is 6.22. The van der Waals surface area contributed by atoms with Crippen molar-refractivity contribution in [3.8, 4) is 11.6 Å². The van der Waals surface area contributed by atoms with Crippen LogP contribution in [0.15, 0.2) is 35.6 Å². The van der Waals surface area contributed by atoms with E-state index in [2.05, 4.69) is 20.1 Å². The van der Waals surface area contributed by atoms with Crippen molar-refractivity contribution in [1.29, 1.82) is 0 Å². The highest BCUT2D eigenvalue weighted by molar-refractivity contribution is 7.98. The summed E-state index contributed by atoms with van der Waals surface area (Å²) >= 11 is 7.61. The van der Waals surface area contributed by atoms with E-state index in [1.807, 2.05) is 29.1 Å². The Morgan fingerprint density at radius 3 is 2.93 bits per heavy atom. The zero-order valence-electron chi connectivity index (χ0n) is 16.2. The number of halogens is 1. The maximum Gasteiger partial charge on any atom is 0.247 e. The molecule has 1 saturated heterocycles. The SMILES string of the molecule is CSc1nc(N)c2cc(Cl)nc(Oc3cccc4c3cnn4C3CCCCO3)c2n1. The van der Waals surface area contributed by atoms with E-state index in [4.69, 9.17) is 26.8 Å². The second-order valence-corrected chi connectivity index (χ2v) is 8.10. The van der Waals surface area contributed by atoms with Gasteiger partial charge in [-0.25, -0.2) is 14.6 Å². The topological polar surface area (TPSA) is 101 Å². The van der Waals surface area contributed by atoms with E-state index in [9.17, 15) is 0 Å². The van der Waals surface area contributed by atoms with E-state index >= 15 is 0 Å². The fraction of sp³-hybridized carbons (Fsp3) is 0.300. The highest BCUT2D eigenvalue weighted by atomic mass is 35.5. The second kappa shape index (κ2) is 7.90. The van der Waals surface area contributed by atoms with Crippen molar-refractivity contribution < 1.29 is 9.47 Å². The molecular formula is C20H19ClN6O2S. The van der Waals surface area contributed by atoms with Gasteiger partial charge in [-0.1, -0.05) is 29.4 Å². The summed E-state index contributed by atoms with van der Waals surface area (Å²) in [4.78, 5) is 13.2. The third-order valence-corrected chi connectivity index (χ3v) is 5.79. The van der Waals surface area contributed by atoms with E-state index in [0.29, 0.717) is 27.6 Å². The lowest BCUT2D eigenvalue weighted by Crippen LogP contribution is -2.18. The minimum Gasteiger partial charge on any atom is -0.436 e. The number of fused-ring (bicyclic) bond motifs is 2. The van der Waals surface area contributed by atoms with E-state index in [-0.39, 0.29) is 17.3 Å². The number of benzene rings is 1. The van der Waals surface area contributed by atoms with Crippen LogP contribution < -0.4 is 10.5 Å². The van der Waals surface area contributed by atoms with Crippen LogP contribution in [0.5, 0.6) is 11.6 Å². The van der Waals surface area contributed by atoms with Gasteiger partial charge < -0.3 is 15.2 Å². The molecule has 0 saturated carbocycles. The van der Waals surface area contributed by atoms with Crippen molar-refractivity contribution in [2.24, 2.45) is 0 Å². The summed E-state index contributed by atoms with van der Waals surface area (Å²) in [6, 6.07) is 7.43. The number of pyridine rings is 1. The number of ether oxygens (including phenoxy) is 2. The maximum absolute atomic E-state index is 6.22. The average Bonchev–Trinajstić information content (AvgIpc) is 3.20. The van der Waals surface area contributed by atoms with Crippen LogP contribution in [0, 0.1) is 0 Å². The second-order valence-electron chi connectivity index (χ2n) is 6.94. The predicted octanol–water partition coefficient (Wildman–Crippen LogP) is 4.82. The molecule has 0 radical (unpaired) electrons. The Labute approximate surface area is 181 Å². The minimum atomic E-state index is -0.0618. The zero-order valence-corrected chi connectivity index (χ0v) is 17.8. The molecule has 154 valence electrons. The Morgan fingerprint density at radius 1 is 1.23 bits per heavy atom. The van der Waals surface area contributed by atoms with E-state index in [1.165, 1.54) is 11.8 Å². The molecule has 0 bridgehead atoms. The van der Waals surface area contributed by atoms with Crippen molar-refractivity contribution in [1.82, 2.24) is 24.7 Å². The molecule has 8 nitrogen and oxygen atoms in total. The molecule has 4 aromatic rings. The molecule has 1 aliphatic heterocycles. The summed E-state index contributed by atoms with van der Waals surface area (Å²) in [7, 11) is 0. The lowest BCUT2D eigenvalue weighted by molar-refractivity contribution is -0.0366. The van der Waals surface area contributed by atoms with E-state index < -0.39 is 0 Å². The van der Waals surface area contributed by atoms with Gasteiger partial charge in [0.2, 0.25) is 5.88 Å². The first-order valence-electron chi connectivity index (χ1n) is 9.57. The van der Waals surface area contributed by atoms with Gasteiger partial charge in [-0.05, 0) is 43.7 Å². The van der Waals surface area contributed by atoms with Crippen molar-refractivity contribution in [3.05, 3.63) is 35.6 Å². The van der Waals surface area contributed by atoms with Crippen LogP contribution >= 0.6 is 23.4 Å². The quantitative estimate of drug-likeness (QED) is 0.272. The molecule has 1 unspecified atom stereocenters. The van der Waals surface area contributed by atoms with Gasteiger partial charge in [0.25, 0.3) is 0 Å². The molecule has 1 aliphatic rings. The van der Waals surface area contributed by atoms with Crippen LogP contribution in [-0.2, 0) is 4.74 Å². The molecule has 1 fully saturated rings. The molecule has 0 amide bonds. The third-order valence-electron chi connectivity index (χ3n) is 5.05. The number of nitrogens with zero attached hydrogens (tertiary/aromatic N) is 5. The molecule has 1 atom stereocenters. The number of nitrogen functional groups attached to an aromatic ring is 1. The van der Waals surface area contributed by atoms with E-state index in [0.717, 1.165) is 36.8 Å². The summed E-state index contributed by atoms with van der Waals surface area (Å²) in [6.45, 7) is 0.750. The standard InChI is InChI=1S/C20H19ClN6O2S/c1-30-20-25-17-11(18(22)26-20)9-15(21)24-19(17)29-14-6-4-5-13-12(14)10-23-27(13)16-7-2-3-8-28-16/h4-6,9-10,16H,2-3,7-8H2,1H3,(H2,22,25,26). The van der Waals surface area contributed by atoms with Crippen LogP contribution in [-0.4, -0.2) is 37.6 Å². The summed E-state index contributed by atoms with van der Waals surface area (Å²) in [6.07, 6.45) is 6.75. The molecule has 1 aromatic carbocycles. The average molecular weight is 443 g/mol. The van der Waals surface area contributed by atoms with Gasteiger partial charge in [0, 0.05) is 6.61 Å². The van der Waals surface area contributed by atoms with Crippen molar-refractivity contribution in [2.75, 3.05) is 18.6 Å². The van der Waals surface area contributed by atoms with E-state index in [1.54, 1.807) is 12.3 Å². The number of aromatic nitrogens is 5. The number of nitrogens with two attached hydrogens (primary N) is 1. The van der Waals surface area contributed by atoms with Crippen LogP contribution in [0.25, 0.3) is 21.8 Å². The molecule has 0 spiro atoms. The van der Waals surface area contributed by atoms with Crippen LogP contribution in [0.1, 0.15) is 25.5 Å². The Morgan fingerprint density at radius 2 is 2.13 bits per heavy atom. The first kappa shape index (κ1) is 19.3. The molecule has 30 heavy (non-hydrogen) atoms. The molecular weight excluding hydrogens is 424 g/mol. The first-order valence-corrected chi connectivity index (χ1v) is 11.2. The number of anilines is 1. The third kappa shape index (κ3) is 3.42. The van der Waals surface area contributed by atoms with Gasteiger partial charge in [0.15, 0.2) is 11.4 Å². The van der Waals surface area contributed by atoms with Crippen molar-refractivity contribution >= 4 is 51.0 Å². The molecule has 5 rings (SSSR count). The molecule has 4 heterocycles. The fourth-order valence-electron chi connectivity index (χ4n) is 3.62. The van der Waals surface area contributed by atoms with Crippen molar-refractivity contribution in [3.63, 3.8) is 0 Å². The highest BCUT2D eigenvalue weighted by Crippen LogP contribution is 2.36. The molecule has 3 aromatic heterocycles. The first-order chi connectivity index (χ1) is 14.6. The van der Waals surface area contributed by atoms with Crippen LogP contribution in [0.2, 0.25) is 5.15 Å². The number of hydrogen-bond acceptors (Lipinski definition) is 8. The monoisotopic (exact) mass is 442 g/mol. The summed E-state index contributed by atoms with van der Waals surface area (Å²) in [5.41, 5.74) is 7.55. The van der Waals surface area contributed by atoms with Gasteiger partial charge in [-0.2, -0.15) is 10.1 Å². The Balaban J connectivity index is 1.60. The van der Waals surface area contributed by atoms with Crippen LogP contribution in [0.3, 0.4) is 0 Å². The summed E-state index contributed by atoms with van der Waals surface area (Å²) < 4.78 is 14.0. The van der Waals surface area contributed by atoms with Crippen LogP contribution in [0.4, 0.5) is 5.82 Å². The molecule has 0 aliphatic carbocycles. The highest BCUT2D eigenvalue weighted by Gasteiger charge is 2.21. The smallest absolute Gasteiger partial charge is 0.247 e. The predicted molar refractivity (Wildman–Crippen MR) is 117 cm³/mol. The Hall–Kier alpha value is -2.62. The van der Waals surface area contributed by atoms with Gasteiger partial charge in [-0.3, -0.25) is 0 Å². The number of thioether (sulfide) groups is 1. The normalized spacial score (nSPS) is 16.9.